The summed E-state index contributed by atoms with van der Waals surface area (Å²) in [6.45, 7) is 9.70. The molecular formula is C20H31N3O2. The van der Waals surface area contributed by atoms with E-state index in [9.17, 15) is 9.59 Å². The summed E-state index contributed by atoms with van der Waals surface area (Å²) in [4.78, 5) is 28.7. The monoisotopic (exact) mass is 345 g/mol. The van der Waals surface area contributed by atoms with Crippen molar-refractivity contribution in [3.05, 3.63) is 23.8 Å². The van der Waals surface area contributed by atoms with Gasteiger partial charge in [0, 0.05) is 37.6 Å². The molecule has 0 aromatic heterocycles. The molecule has 1 aliphatic heterocycles. The highest BCUT2D eigenvalue weighted by Gasteiger charge is 2.19. The minimum absolute atomic E-state index is 0.0585. The molecule has 0 unspecified atom stereocenters. The van der Waals surface area contributed by atoms with Crippen molar-refractivity contribution in [2.24, 2.45) is 0 Å². The van der Waals surface area contributed by atoms with E-state index in [0.717, 1.165) is 56.0 Å². The van der Waals surface area contributed by atoms with Gasteiger partial charge in [0.25, 0.3) is 0 Å². The molecule has 0 spiro atoms. The Hall–Kier alpha value is -2.04. The molecule has 2 amide bonds. The van der Waals surface area contributed by atoms with Crippen LogP contribution in [-0.4, -0.2) is 42.9 Å². The lowest BCUT2D eigenvalue weighted by Crippen LogP contribution is -2.34. The molecule has 25 heavy (non-hydrogen) atoms. The van der Waals surface area contributed by atoms with Crippen molar-refractivity contribution < 1.29 is 9.59 Å². The molecule has 5 heteroatoms. The smallest absolute Gasteiger partial charge is 0.233 e. The topological polar surface area (TPSA) is 52.7 Å². The van der Waals surface area contributed by atoms with E-state index in [1.54, 1.807) is 0 Å². The van der Waals surface area contributed by atoms with Crippen LogP contribution < -0.4 is 10.2 Å². The van der Waals surface area contributed by atoms with Crippen LogP contribution in [0.5, 0.6) is 0 Å². The summed E-state index contributed by atoms with van der Waals surface area (Å²) in [7, 11) is 0. The maximum absolute atomic E-state index is 12.3. The molecule has 0 atom stereocenters. The number of likely N-dealkylation sites (tertiary alicyclic amines) is 1. The van der Waals surface area contributed by atoms with Crippen LogP contribution in [0.4, 0.5) is 11.4 Å². The van der Waals surface area contributed by atoms with E-state index in [1.165, 1.54) is 12.8 Å². The molecular weight excluding hydrogens is 314 g/mol. The van der Waals surface area contributed by atoms with Gasteiger partial charge in [-0.25, -0.2) is 0 Å². The Bertz CT molecular complexity index is 589. The zero-order valence-electron chi connectivity index (χ0n) is 15.8. The SMILES string of the molecule is CCN(CC)c1ccc(NC(=O)CC(=O)N2CCCCCC2)c(C)c1. The van der Waals surface area contributed by atoms with Crippen molar-refractivity contribution in [2.45, 2.75) is 52.9 Å². The largest absolute Gasteiger partial charge is 0.372 e. The Balaban J connectivity index is 1.94. The lowest BCUT2D eigenvalue weighted by atomic mass is 10.1. The van der Waals surface area contributed by atoms with E-state index in [0.29, 0.717) is 0 Å². The molecule has 138 valence electrons. The Morgan fingerprint density at radius 2 is 1.72 bits per heavy atom. The number of nitrogens with one attached hydrogen (secondary N) is 1. The van der Waals surface area contributed by atoms with Gasteiger partial charge in [-0.05, 0) is 57.4 Å². The van der Waals surface area contributed by atoms with Crippen LogP contribution in [0.3, 0.4) is 0 Å². The summed E-state index contributed by atoms with van der Waals surface area (Å²) in [6, 6.07) is 6.03. The lowest BCUT2D eigenvalue weighted by Gasteiger charge is -2.22. The third-order valence-corrected chi connectivity index (χ3v) is 4.88. The van der Waals surface area contributed by atoms with E-state index < -0.39 is 0 Å². The van der Waals surface area contributed by atoms with E-state index in [4.69, 9.17) is 0 Å². The molecule has 0 radical (unpaired) electrons. The number of carbonyl (C=O) groups is 2. The van der Waals surface area contributed by atoms with E-state index in [2.05, 4.69) is 30.1 Å². The van der Waals surface area contributed by atoms with Gasteiger partial charge in [0.05, 0.1) is 0 Å². The van der Waals surface area contributed by atoms with Gasteiger partial charge in [-0.1, -0.05) is 12.8 Å². The normalized spacial score (nSPS) is 14.8. The number of benzene rings is 1. The van der Waals surface area contributed by atoms with Gasteiger partial charge in [-0.2, -0.15) is 0 Å². The summed E-state index contributed by atoms with van der Waals surface area (Å²) < 4.78 is 0. The Morgan fingerprint density at radius 3 is 2.28 bits per heavy atom. The summed E-state index contributed by atoms with van der Waals surface area (Å²) in [5, 5.41) is 2.89. The van der Waals surface area contributed by atoms with Crippen molar-refractivity contribution in [1.82, 2.24) is 4.90 Å². The predicted octanol–water partition coefficient (Wildman–Crippen LogP) is 3.57. The fourth-order valence-corrected chi connectivity index (χ4v) is 3.34. The third kappa shape index (κ3) is 5.48. The number of aryl methyl sites for hydroxylation is 1. The number of hydrogen-bond donors (Lipinski definition) is 1. The van der Waals surface area contributed by atoms with Crippen molar-refractivity contribution in [1.29, 1.82) is 0 Å². The Morgan fingerprint density at radius 1 is 1.08 bits per heavy atom. The molecule has 0 bridgehead atoms. The van der Waals surface area contributed by atoms with Gasteiger partial charge < -0.3 is 15.1 Å². The molecule has 1 aliphatic rings. The lowest BCUT2D eigenvalue weighted by molar-refractivity contribution is -0.134. The van der Waals surface area contributed by atoms with E-state index in [1.807, 2.05) is 24.0 Å². The Labute approximate surface area is 151 Å². The molecule has 1 aromatic carbocycles. The zero-order valence-corrected chi connectivity index (χ0v) is 15.8. The third-order valence-electron chi connectivity index (χ3n) is 4.88. The van der Waals surface area contributed by atoms with Gasteiger partial charge in [0.2, 0.25) is 11.8 Å². The predicted molar refractivity (Wildman–Crippen MR) is 103 cm³/mol. The molecule has 1 heterocycles. The molecule has 1 aromatic rings. The number of hydrogen-bond acceptors (Lipinski definition) is 3. The first-order valence-corrected chi connectivity index (χ1v) is 9.48. The summed E-state index contributed by atoms with van der Waals surface area (Å²) in [5.41, 5.74) is 2.95. The van der Waals surface area contributed by atoms with E-state index >= 15 is 0 Å². The minimum atomic E-state index is -0.229. The minimum Gasteiger partial charge on any atom is -0.372 e. The zero-order chi connectivity index (χ0) is 18.2. The molecule has 0 saturated carbocycles. The molecule has 2 rings (SSSR count). The van der Waals surface area contributed by atoms with Crippen LogP contribution in [-0.2, 0) is 9.59 Å². The van der Waals surface area contributed by atoms with Gasteiger partial charge in [-0.3, -0.25) is 9.59 Å². The number of nitrogens with zero attached hydrogens (tertiary/aromatic N) is 2. The highest BCUT2D eigenvalue weighted by atomic mass is 16.2. The summed E-state index contributed by atoms with van der Waals surface area (Å²) >= 11 is 0. The second kappa shape index (κ2) is 9.44. The van der Waals surface area contributed by atoms with Crippen molar-refractivity contribution >= 4 is 23.2 Å². The van der Waals surface area contributed by atoms with Crippen LogP contribution in [0.15, 0.2) is 18.2 Å². The highest BCUT2D eigenvalue weighted by Crippen LogP contribution is 2.23. The van der Waals surface area contributed by atoms with Gasteiger partial charge >= 0.3 is 0 Å². The molecule has 1 fully saturated rings. The summed E-state index contributed by atoms with van der Waals surface area (Å²) in [6.07, 6.45) is 4.36. The second-order valence-electron chi connectivity index (χ2n) is 6.69. The van der Waals surface area contributed by atoms with Crippen LogP contribution in [0, 0.1) is 6.92 Å². The van der Waals surface area contributed by atoms with Crippen molar-refractivity contribution in [2.75, 3.05) is 36.4 Å². The maximum Gasteiger partial charge on any atom is 0.233 e. The Kier molecular flexibility index (Phi) is 7.29. The first-order chi connectivity index (χ1) is 12.0. The number of anilines is 2. The molecule has 1 N–H and O–H groups in total. The van der Waals surface area contributed by atoms with Gasteiger partial charge in [0.15, 0.2) is 0 Å². The maximum atomic E-state index is 12.3. The number of carbonyl (C=O) groups excluding carboxylic acids is 2. The highest BCUT2D eigenvalue weighted by molar-refractivity contribution is 6.03. The first kappa shape index (κ1) is 19.3. The first-order valence-electron chi connectivity index (χ1n) is 9.48. The van der Waals surface area contributed by atoms with E-state index in [-0.39, 0.29) is 18.2 Å². The number of amides is 2. The standard InChI is InChI=1S/C20H31N3O2/c1-4-22(5-2)17-10-11-18(16(3)14-17)21-19(24)15-20(25)23-12-8-6-7-9-13-23/h10-11,14H,4-9,12-13,15H2,1-3H3,(H,21,24). The summed E-state index contributed by atoms with van der Waals surface area (Å²) in [5.74, 6) is -0.287. The average Bonchev–Trinajstić information content (AvgIpc) is 2.87. The van der Waals surface area contributed by atoms with Crippen LogP contribution in [0.2, 0.25) is 0 Å². The average molecular weight is 345 g/mol. The van der Waals surface area contributed by atoms with Crippen molar-refractivity contribution in [3.63, 3.8) is 0 Å². The van der Waals surface area contributed by atoms with Gasteiger partial charge in [-0.15, -0.1) is 0 Å². The molecule has 0 aliphatic carbocycles. The fourth-order valence-electron chi connectivity index (χ4n) is 3.34. The van der Waals surface area contributed by atoms with Crippen molar-refractivity contribution in [3.8, 4) is 0 Å². The number of rotatable bonds is 6. The van der Waals surface area contributed by atoms with Gasteiger partial charge in [0.1, 0.15) is 6.42 Å². The molecule has 1 saturated heterocycles. The van der Waals surface area contributed by atoms with Crippen LogP contribution in [0.25, 0.3) is 0 Å². The second-order valence-corrected chi connectivity index (χ2v) is 6.69. The van der Waals surface area contributed by atoms with Crippen LogP contribution >= 0.6 is 0 Å². The van der Waals surface area contributed by atoms with Crippen LogP contribution in [0.1, 0.15) is 51.5 Å². The fraction of sp³-hybridized carbons (Fsp3) is 0.600. The molecule has 5 nitrogen and oxygen atoms in total. The quantitative estimate of drug-likeness (QED) is 0.802.